The van der Waals surface area contributed by atoms with E-state index < -0.39 is 6.04 Å². The van der Waals surface area contributed by atoms with Gasteiger partial charge in [0.05, 0.1) is 23.9 Å². The number of methoxy groups -OCH3 is 1. The van der Waals surface area contributed by atoms with Gasteiger partial charge in [-0.1, -0.05) is 41.4 Å². The first-order valence-corrected chi connectivity index (χ1v) is 11.0. The maximum Gasteiger partial charge on any atom is 0.327 e. The molecular weight excluding hydrogens is 426 g/mol. The summed E-state index contributed by atoms with van der Waals surface area (Å²) in [4.78, 5) is 34.3. The first kappa shape index (κ1) is 22.2. The molecule has 1 saturated heterocycles. The quantitative estimate of drug-likeness (QED) is 0.557. The summed E-state index contributed by atoms with van der Waals surface area (Å²) in [6, 6.07) is 14.7. The van der Waals surface area contributed by atoms with Gasteiger partial charge in [-0.25, -0.2) is 4.79 Å². The molecule has 1 amide bonds. The zero-order valence-electron chi connectivity index (χ0n) is 18.5. The molecule has 0 bridgehead atoms. The van der Waals surface area contributed by atoms with Crippen molar-refractivity contribution in [2.24, 2.45) is 0 Å². The number of pyridine rings is 1. The second kappa shape index (κ2) is 9.27. The molecule has 2 aromatic carbocycles. The highest BCUT2D eigenvalue weighted by Gasteiger charge is 2.34. The van der Waals surface area contributed by atoms with Crippen molar-refractivity contribution in [1.82, 2.24) is 14.8 Å². The van der Waals surface area contributed by atoms with Gasteiger partial charge in [0.2, 0.25) is 0 Å². The van der Waals surface area contributed by atoms with Gasteiger partial charge >= 0.3 is 5.97 Å². The Bertz CT molecular complexity index is 1170. The van der Waals surface area contributed by atoms with Crippen LogP contribution in [0.4, 0.5) is 0 Å². The molecule has 0 N–H and O–H groups in total. The summed E-state index contributed by atoms with van der Waals surface area (Å²) in [5, 5.41) is 1.48. The zero-order valence-corrected chi connectivity index (χ0v) is 19.2. The highest BCUT2D eigenvalue weighted by molar-refractivity contribution is 6.31. The van der Waals surface area contributed by atoms with E-state index in [-0.39, 0.29) is 11.9 Å². The maximum atomic E-state index is 13.3. The number of ether oxygens (including phenoxy) is 1. The Labute approximate surface area is 192 Å². The Kier molecular flexibility index (Phi) is 6.44. The second-order valence-corrected chi connectivity index (χ2v) is 8.50. The Hall–Kier alpha value is -2.96. The average Bonchev–Trinajstić information content (AvgIpc) is 2.80. The van der Waals surface area contributed by atoms with Crippen LogP contribution in [-0.2, 0) is 9.53 Å². The zero-order chi connectivity index (χ0) is 22.8. The molecule has 1 aliphatic rings. The van der Waals surface area contributed by atoms with E-state index in [0.29, 0.717) is 42.3 Å². The van der Waals surface area contributed by atoms with Crippen molar-refractivity contribution in [3.8, 4) is 0 Å². The monoisotopic (exact) mass is 451 g/mol. The van der Waals surface area contributed by atoms with Crippen LogP contribution in [0.2, 0.25) is 5.02 Å². The van der Waals surface area contributed by atoms with Gasteiger partial charge in [-0.15, -0.1) is 0 Å². The number of rotatable bonds is 4. The van der Waals surface area contributed by atoms with E-state index in [4.69, 9.17) is 16.3 Å². The standard InChI is InChI=1S/C25H26ClN3O3/c1-16-8-9-22-18(14-16)15-20(17(2)27-22)24(30)29-12-10-28(11-13-29)23(25(31)32-3)19-6-4-5-7-21(19)26/h4-9,14-15,23H,10-13H2,1-3H3. The number of carbonyl (C=O) groups excluding carboxylic acids is 2. The highest BCUT2D eigenvalue weighted by Crippen LogP contribution is 2.30. The number of piperazine rings is 1. The number of benzene rings is 2. The summed E-state index contributed by atoms with van der Waals surface area (Å²) in [5.41, 5.74) is 4.06. The van der Waals surface area contributed by atoms with E-state index >= 15 is 0 Å². The van der Waals surface area contributed by atoms with Crippen LogP contribution in [0, 0.1) is 13.8 Å². The van der Waals surface area contributed by atoms with E-state index in [1.807, 2.05) is 66.1 Å². The van der Waals surface area contributed by atoms with E-state index in [9.17, 15) is 9.59 Å². The van der Waals surface area contributed by atoms with Gasteiger partial charge in [0, 0.05) is 36.6 Å². The molecule has 1 aliphatic heterocycles. The fourth-order valence-electron chi connectivity index (χ4n) is 4.24. The van der Waals surface area contributed by atoms with Crippen LogP contribution in [0.1, 0.15) is 33.2 Å². The molecule has 0 spiro atoms. The van der Waals surface area contributed by atoms with Crippen molar-refractivity contribution in [1.29, 1.82) is 0 Å². The number of fused-ring (bicyclic) bond motifs is 1. The molecule has 1 fully saturated rings. The van der Waals surface area contributed by atoms with E-state index in [2.05, 4.69) is 4.98 Å². The van der Waals surface area contributed by atoms with Crippen molar-refractivity contribution in [3.05, 3.63) is 75.9 Å². The second-order valence-electron chi connectivity index (χ2n) is 8.09. The van der Waals surface area contributed by atoms with E-state index in [0.717, 1.165) is 22.2 Å². The predicted octanol–water partition coefficient (Wildman–Crippen LogP) is 4.18. The lowest BCUT2D eigenvalue weighted by molar-refractivity contribution is -0.148. The van der Waals surface area contributed by atoms with Crippen LogP contribution in [-0.4, -0.2) is 59.9 Å². The molecule has 1 atom stereocenters. The minimum Gasteiger partial charge on any atom is -0.468 e. The van der Waals surface area contributed by atoms with Gasteiger partial charge in [0.15, 0.2) is 0 Å². The third-order valence-electron chi connectivity index (χ3n) is 5.98. The lowest BCUT2D eigenvalue weighted by Gasteiger charge is -2.38. The maximum absolute atomic E-state index is 13.3. The van der Waals surface area contributed by atoms with Gasteiger partial charge < -0.3 is 9.64 Å². The van der Waals surface area contributed by atoms with Crippen LogP contribution in [0.3, 0.4) is 0 Å². The molecule has 1 unspecified atom stereocenters. The molecule has 3 aromatic rings. The van der Waals surface area contributed by atoms with Crippen LogP contribution in [0.5, 0.6) is 0 Å². The molecule has 2 heterocycles. The molecule has 0 radical (unpaired) electrons. The highest BCUT2D eigenvalue weighted by atomic mass is 35.5. The minimum absolute atomic E-state index is 0.0367. The normalized spacial score (nSPS) is 15.6. The molecule has 0 aliphatic carbocycles. The first-order valence-electron chi connectivity index (χ1n) is 10.6. The van der Waals surface area contributed by atoms with Gasteiger partial charge in [-0.2, -0.15) is 0 Å². The fraction of sp³-hybridized carbons (Fsp3) is 0.320. The van der Waals surface area contributed by atoms with Gasteiger partial charge in [-0.3, -0.25) is 14.7 Å². The van der Waals surface area contributed by atoms with Crippen molar-refractivity contribution in [3.63, 3.8) is 0 Å². The SMILES string of the molecule is COC(=O)C(c1ccccc1Cl)N1CCN(C(=O)c2cc3cc(C)ccc3nc2C)CC1. The number of hydrogen-bond donors (Lipinski definition) is 0. The fourth-order valence-corrected chi connectivity index (χ4v) is 4.48. The van der Waals surface area contributed by atoms with Crippen molar-refractivity contribution >= 4 is 34.4 Å². The molecule has 4 rings (SSSR count). The summed E-state index contributed by atoms with van der Waals surface area (Å²) >= 11 is 6.37. The number of amides is 1. The summed E-state index contributed by atoms with van der Waals surface area (Å²) in [6.07, 6.45) is 0. The smallest absolute Gasteiger partial charge is 0.327 e. The lowest BCUT2D eigenvalue weighted by atomic mass is 10.0. The predicted molar refractivity (Wildman–Crippen MR) is 125 cm³/mol. The Morgan fingerprint density at radius 2 is 1.75 bits per heavy atom. The molecular formula is C25H26ClN3O3. The summed E-state index contributed by atoms with van der Waals surface area (Å²) < 4.78 is 5.06. The van der Waals surface area contributed by atoms with Crippen LogP contribution < -0.4 is 0 Å². The van der Waals surface area contributed by atoms with Crippen molar-refractivity contribution in [2.45, 2.75) is 19.9 Å². The largest absolute Gasteiger partial charge is 0.468 e. The Morgan fingerprint density at radius 1 is 1.03 bits per heavy atom. The number of aromatic nitrogens is 1. The average molecular weight is 452 g/mol. The van der Waals surface area contributed by atoms with Crippen molar-refractivity contribution < 1.29 is 14.3 Å². The lowest BCUT2D eigenvalue weighted by Crippen LogP contribution is -2.51. The number of halogens is 1. The number of esters is 1. The summed E-state index contributed by atoms with van der Waals surface area (Å²) in [5.74, 6) is -0.395. The molecule has 166 valence electrons. The number of aryl methyl sites for hydroxylation is 2. The summed E-state index contributed by atoms with van der Waals surface area (Å²) in [6.45, 7) is 5.97. The topological polar surface area (TPSA) is 62.7 Å². The van der Waals surface area contributed by atoms with Gasteiger partial charge in [0.1, 0.15) is 6.04 Å². The first-order chi connectivity index (χ1) is 15.4. The van der Waals surface area contributed by atoms with Gasteiger partial charge in [0.25, 0.3) is 5.91 Å². The van der Waals surface area contributed by atoms with Gasteiger partial charge in [-0.05, 0) is 43.7 Å². The van der Waals surface area contributed by atoms with Crippen LogP contribution in [0.15, 0.2) is 48.5 Å². The van der Waals surface area contributed by atoms with E-state index in [1.165, 1.54) is 7.11 Å². The summed E-state index contributed by atoms with van der Waals surface area (Å²) in [7, 11) is 1.38. The molecule has 6 nitrogen and oxygen atoms in total. The number of carbonyl (C=O) groups is 2. The van der Waals surface area contributed by atoms with Crippen LogP contribution in [0.25, 0.3) is 10.9 Å². The Morgan fingerprint density at radius 3 is 2.44 bits per heavy atom. The van der Waals surface area contributed by atoms with Crippen LogP contribution >= 0.6 is 11.6 Å². The molecule has 0 saturated carbocycles. The third kappa shape index (κ3) is 4.33. The Balaban J connectivity index is 1.53. The van der Waals surface area contributed by atoms with E-state index in [1.54, 1.807) is 6.07 Å². The third-order valence-corrected chi connectivity index (χ3v) is 6.33. The minimum atomic E-state index is -0.599. The van der Waals surface area contributed by atoms with Crippen molar-refractivity contribution in [2.75, 3.05) is 33.3 Å². The molecule has 7 heteroatoms. The molecule has 1 aromatic heterocycles. The number of nitrogens with zero attached hydrogens (tertiary/aromatic N) is 3. The number of hydrogen-bond acceptors (Lipinski definition) is 5. The molecule has 32 heavy (non-hydrogen) atoms.